The van der Waals surface area contributed by atoms with E-state index in [0.29, 0.717) is 18.8 Å². The number of hydrogen-bond acceptors (Lipinski definition) is 4. The number of benzene rings is 2. The molecule has 2 aromatic carbocycles. The molecule has 0 atom stereocenters. The smallest absolute Gasteiger partial charge is 0.340 e. The van der Waals surface area contributed by atoms with Crippen LogP contribution in [0.4, 0.5) is 0 Å². The highest BCUT2D eigenvalue weighted by Gasteiger charge is 2.22. The second-order valence-corrected chi connectivity index (χ2v) is 7.30. The lowest BCUT2D eigenvalue weighted by Gasteiger charge is -2.10. The molecule has 0 bridgehead atoms. The van der Waals surface area contributed by atoms with Crippen LogP contribution in [0.2, 0.25) is 0 Å². The number of rotatable bonds is 10. The van der Waals surface area contributed by atoms with Crippen molar-refractivity contribution < 1.29 is 19.0 Å². The topological polar surface area (TPSA) is 49.7 Å². The molecule has 1 heterocycles. The summed E-state index contributed by atoms with van der Waals surface area (Å²) >= 11 is 0. The first-order chi connectivity index (χ1) is 14.6. The summed E-state index contributed by atoms with van der Waals surface area (Å²) in [6.45, 7) is 6.98. The van der Waals surface area contributed by atoms with E-state index >= 15 is 0 Å². The van der Waals surface area contributed by atoms with Crippen molar-refractivity contribution in [2.75, 3.05) is 20.3 Å². The normalized spacial score (nSPS) is 10.9. The van der Waals surface area contributed by atoms with Gasteiger partial charge in [0.15, 0.2) is 0 Å². The van der Waals surface area contributed by atoms with Crippen LogP contribution >= 0.6 is 0 Å². The molecule has 0 radical (unpaired) electrons. The molecule has 0 saturated heterocycles. The highest BCUT2D eigenvalue weighted by molar-refractivity contribution is 6.07. The molecule has 5 nitrogen and oxygen atoms in total. The number of nitrogens with zero attached hydrogens (tertiary/aromatic N) is 1. The predicted molar refractivity (Wildman–Crippen MR) is 120 cm³/mol. The Labute approximate surface area is 178 Å². The highest BCUT2D eigenvalue weighted by atomic mass is 16.5. The van der Waals surface area contributed by atoms with Crippen LogP contribution in [0, 0.1) is 6.92 Å². The van der Waals surface area contributed by atoms with Crippen molar-refractivity contribution in [1.82, 2.24) is 4.57 Å². The van der Waals surface area contributed by atoms with E-state index in [9.17, 15) is 4.79 Å². The van der Waals surface area contributed by atoms with Gasteiger partial charge in [0, 0.05) is 16.8 Å². The van der Waals surface area contributed by atoms with Crippen molar-refractivity contribution in [2.45, 2.75) is 46.5 Å². The van der Waals surface area contributed by atoms with Crippen LogP contribution in [-0.4, -0.2) is 30.9 Å². The summed E-state index contributed by atoms with van der Waals surface area (Å²) in [5, 5.41) is 0.841. The summed E-state index contributed by atoms with van der Waals surface area (Å²) in [4.78, 5) is 12.8. The Bertz CT molecular complexity index is 989. The Hall–Kier alpha value is -2.95. The van der Waals surface area contributed by atoms with Crippen LogP contribution in [0.5, 0.6) is 11.5 Å². The summed E-state index contributed by atoms with van der Waals surface area (Å²) in [5.41, 5.74) is 3.33. The maximum absolute atomic E-state index is 12.8. The monoisotopic (exact) mass is 409 g/mol. The van der Waals surface area contributed by atoms with Crippen molar-refractivity contribution in [2.24, 2.45) is 0 Å². The first-order valence-electron chi connectivity index (χ1n) is 10.7. The molecular weight excluding hydrogens is 378 g/mol. The van der Waals surface area contributed by atoms with E-state index in [0.717, 1.165) is 40.2 Å². The SMILES string of the molecule is CCCCCCOc1ccc2c(c1)c(C(=O)OCC)c(C)n2-c1ccc(OC)cc1. The van der Waals surface area contributed by atoms with Gasteiger partial charge in [-0.15, -0.1) is 0 Å². The van der Waals surface area contributed by atoms with Crippen LogP contribution in [0.25, 0.3) is 16.6 Å². The van der Waals surface area contributed by atoms with E-state index in [-0.39, 0.29) is 5.97 Å². The molecule has 1 aromatic heterocycles. The molecule has 0 amide bonds. The molecule has 0 aliphatic rings. The summed E-state index contributed by atoms with van der Waals surface area (Å²) < 4.78 is 18.7. The molecular formula is C25H31NO4. The molecule has 30 heavy (non-hydrogen) atoms. The van der Waals surface area contributed by atoms with Crippen molar-refractivity contribution in [1.29, 1.82) is 0 Å². The zero-order valence-electron chi connectivity index (χ0n) is 18.4. The van der Waals surface area contributed by atoms with Gasteiger partial charge in [0.2, 0.25) is 0 Å². The molecule has 0 fully saturated rings. The third-order valence-corrected chi connectivity index (χ3v) is 5.25. The zero-order valence-corrected chi connectivity index (χ0v) is 18.4. The first kappa shape index (κ1) is 21.8. The molecule has 0 saturated carbocycles. The summed E-state index contributed by atoms with van der Waals surface area (Å²) in [6.07, 6.45) is 4.62. The largest absolute Gasteiger partial charge is 0.497 e. The second-order valence-electron chi connectivity index (χ2n) is 7.30. The predicted octanol–water partition coefficient (Wildman–Crippen LogP) is 6.08. The van der Waals surface area contributed by atoms with Gasteiger partial charge in [0.1, 0.15) is 11.5 Å². The van der Waals surface area contributed by atoms with Gasteiger partial charge in [0.25, 0.3) is 0 Å². The van der Waals surface area contributed by atoms with E-state index in [2.05, 4.69) is 11.5 Å². The molecule has 0 aliphatic carbocycles. The summed E-state index contributed by atoms with van der Waals surface area (Å²) in [5.74, 6) is 1.25. The maximum Gasteiger partial charge on any atom is 0.340 e. The lowest BCUT2D eigenvalue weighted by molar-refractivity contribution is 0.0527. The van der Waals surface area contributed by atoms with Gasteiger partial charge < -0.3 is 18.8 Å². The van der Waals surface area contributed by atoms with Gasteiger partial charge in [-0.1, -0.05) is 26.2 Å². The molecule has 3 aromatic rings. The average molecular weight is 410 g/mol. The Morgan fingerprint density at radius 3 is 2.37 bits per heavy atom. The molecule has 0 N–H and O–H groups in total. The maximum atomic E-state index is 12.8. The molecule has 0 aliphatic heterocycles. The lowest BCUT2D eigenvalue weighted by Crippen LogP contribution is -2.07. The Kier molecular flexibility index (Phi) is 7.39. The van der Waals surface area contributed by atoms with Gasteiger partial charge in [-0.3, -0.25) is 0 Å². The van der Waals surface area contributed by atoms with Crippen LogP contribution in [0.15, 0.2) is 42.5 Å². The minimum atomic E-state index is -0.313. The Morgan fingerprint density at radius 2 is 1.70 bits per heavy atom. The Morgan fingerprint density at radius 1 is 0.967 bits per heavy atom. The number of carbonyl (C=O) groups excluding carboxylic acids is 1. The zero-order chi connectivity index (χ0) is 21.5. The standard InChI is InChI=1S/C25H31NO4/c1-5-7-8-9-16-30-21-14-15-23-22(17-21)24(25(27)29-6-2)18(3)26(23)19-10-12-20(28-4)13-11-19/h10-15,17H,5-9,16H2,1-4H3. The lowest BCUT2D eigenvalue weighted by atomic mass is 10.1. The van der Waals surface area contributed by atoms with Crippen LogP contribution in [-0.2, 0) is 4.74 Å². The third kappa shape index (κ3) is 4.61. The van der Waals surface area contributed by atoms with Crippen molar-refractivity contribution in [3.63, 3.8) is 0 Å². The summed E-state index contributed by atoms with van der Waals surface area (Å²) in [6, 6.07) is 13.7. The van der Waals surface area contributed by atoms with E-state index in [1.165, 1.54) is 19.3 Å². The number of aromatic nitrogens is 1. The van der Waals surface area contributed by atoms with Crippen molar-refractivity contribution in [3.8, 4) is 17.2 Å². The van der Waals surface area contributed by atoms with E-state index < -0.39 is 0 Å². The number of fused-ring (bicyclic) bond motifs is 1. The van der Waals surface area contributed by atoms with Gasteiger partial charge in [-0.25, -0.2) is 4.79 Å². The highest BCUT2D eigenvalue weighted by Crippen LogP contribution is 2.33. The molecule has 160 valence electrons. The van der Waals surface area contributed by atoms with Crippen molar-refractivity contribution >= 4 is 16.9 Å². The third-order valence-electron chi connectivity index (χ3n) is 5.25. The fraction of sp³-hybridized carbons (Fsp3) is 0.400. The first-order valence-corrected chi connectivity index (χ1v) is 10.7. The molecule has 0 spiro atoms. The van der Waals surface area contributed by atoms with Crippen LogP contribution < -0.4 is 9.47 Å². The average Bonchev–Trinajstić information content (AvgIpc) is 3.05. The number of unbranched alkanes of at least 4 members (excludes halogenated alkanes) is 3. The van der Waals surface area contributed by atoms with E-state index in [4.69, 9.17) is 14.2 Å². The van der Waals surface area contributed by atoms with E-state index in [1.807, 2.05) is 56.3 Å². The minimum Gasteiger partial charge on any atom is -0.497 e. The quantitative estimate of drug-likeness (QED) is 0.301. The molecule has 0 unspecified atom stereocenters. The fourth-order valence-corrected chi connectivity index (χ4v) is 3.73. The summed E-state index contributed by atoms with van der Waals surface area (Å²) in [7, 11) is 1.65. The van der Waals surface area contributed by atoms with Gasteiger partial charge in [0.05, 0.1) is 31.4 Å². The van der Waals surface area contributed by atoms with Gasteiger partial charge in [-0.2, -0.15) is 0 Å². The number of hydrogen-bond donors (Lipinski definition) is 0. The number of ether oxygens (including phenoxy) is 3. The number of carbonyl (C=O) groups is 1. The van der Waals surface area contributed by atoms with Crippen LogP contribution in [0.1, 0.15) is 55.6 Å². The number of methoxy groups -OCH3 is 1. The molecule has 3 rings (SSSR count). The van der Waals surface area contributed by atoms with Crippen LogP contribution in [0.3, 0.4) is 0 Å². The van der Waals surface area contributed by atoms with Gasteiger partial charge in [-0.05, 0) is 62.7 Å². The fourth-order valence-electron chi connectivity index (χ4n) is 3.73. The molecule has 5 heteroatoms. The van der Waals surface area contributed by atoms with Gasteiger partial charge >= 0.3 is 5.97 Å². The van der Waals surface area contributed by atoms with Crippen molar-refractivity contribution in [3.05, 3.63) is 53.7 Å². The number of esters is 1. The second kappa shape index (κ2) is 10.2. The minimum absolute atomic E-state index is 0.313. The van der Waals surface area contributed by atoms with E-state index in [1.54, 1.807) is 7.11 Å². The Balaban J connectivity index is 2.01.